The Kier molecular flexibility index (Phi) is 5.53. The number of fused-ring (bicyclic) bond motifs is 6. The summed E-state index contributed by atoms with van der Waals surface area (Å²) in [7, 11) is 0. The van der Waals surface area contributed by atoms with Crippen LogP contribution in [0.4, 0.5) is 0 Å². The summed E-state index contributed by atoms with van der Waals surface area (Å²) in [6.45, 7) is 0. The summed E-state index contributed by atoms with van der Waals surface area (Å²) in [5, 5.41) is 11.6. The standard InChI is InChI=1S/C40H26N4/c1-2-11-26(12-3-1)40-41-25-35(42-43-40)34-17-7-9-20-37(34)44-36-19-8-6-16-32(36)33-22-21-28(24-38(33)44)31-18-10-14-29-23-27-13-4-5-15-30(27)39(29)31/h1-22,24-25H,23H2. The molecule has 0 saturated carbocycles. The van der Waals surface area contributed by atoms with Gasteiger partial charge in [-0.2, -0.15) is 0 Å². The Bertz CT molecular complexity index is 2350. The number of para-hydroxylation sites is 2. The van der Waals surface area contributed by atoms with Crippen LogP contribution in [0.25, 0.3) is 72.4 Å². The predicted octanol–water partition coefficient (Wildman–Crippen LogP) is 9.54. The lowest BCUT2D eigenvalue weighted by Gasteiger charge is -2.14. The molecule has 0 radical (unpaired) electrons. The molecular weight excluding hydrogens is 536 g/mol. The van der Waals surface area contributed by atoms with Crippen molar-refractivity contribution in [2.45, 2.75) is 6.42 Å². The maximum Gasteiger partial charge on any atom is 0.181 e. The Morgan fingerprint density at radius 3 is 2.11 bits per heavy atom. The summed E-state index contributed by atoms with van der Waals surface area (Å²) in [4.78, 5) is 4.69. The fraction of sp³-hybridized carbons (Fsp3) is 0.0250. The first-order valence-electron chi connectivity index (χ1n) is 14.9. The lowest BCUT2D eigenvalue weighted by Crippen LogP contribution is -2.00. The van der Waals surface area contributed by atoms with Crippen molar-refractivity contribution in [3.8, 4) is 50.6 Å². The quantitative estimate of drug-likeness (QED) is 0.215. The fourth-order valence-corrected chi connectivity index (χ4v) is 6.83. The van der Waals surface area contributed by atoms with E-state index in [2.05, 4.69) is 124 Å². The molecule has 2 aromatic heterocycles. The highest BCUT2D eigenvalue weighted by Gasteiger charge is 2.23. The van der Waals surface area contributed by atoms with E-state index >= 15 is 0 Å². The number of aromatic nitrogens is 4. The highest BCUT2D eigenvalue weighted by molar-refractivity contribution is 6.11. The summed E-state index contributed by atoms with van der Waals surface area (Å²) < 4.78 is 2.37. The van der Waals surface area contributed by atoms with Crippen LogP contribution in [0.2, 0.25) is 0 Å². The molecule has 9 rings (SSSR count). The van der Waals surface area contributed by atoms with Gasteiger partial charge < -0.3 is 4.57 Å². The first-order chi connectivity index (χ1) is 21.8. The van der Waals surface area contributed by atoms with Gasteiger partial charge in [-0.25, -0.2) is 4.98 Å². The van der Waals surface area contributed by atoms with Crippen molar-refractivity contribution in [1.29, 1.82) is 0 Å². The zero-order valence-electron chi connectivity index (χ0n) is 23.9. The van der Waals surface area contributed by atoms with Crippen LogP contribution in [0.1, 0.15) is 11.1 Å². The highest BCUT2D eigenvalue weighted by Crippen LogP contribution is 2.44. The van der Waals surface area contributed by atoms with E-state index in [9.17, 15) is 0 Å². The molecule has 0 fully saturated rings. The van der Waals surface area contributed by atoms with Crippen molar-refractivity contribution >= 4 is 21.8 Å². The topological polar surface area (TPSA) is 43.6 Å². The summed E-state index contributed by atoms with van der Waals surface area (Å²) in [6.07, 6.45) is 2.81. The molecule has 2 heterocycles. The smallest absolute Gasteiger partial charge is 0.181 e. The molecule has 1 aliphatic rings. The largest absolute Gasteiger partial charge is 0.309 e. The van der Waals surface area contributed by atoms with Gasteiger partial charge in [0.1, 0.15) is 5.69 Å². The molecule has 6 aromatic carbocycles. The van der Waals surface area contributed by atoms with Crippen LogP contribution in [-0.2, 0) is 6.42 Å². The third-order valence-corrected chi connectivity index (χ3v) is 8.82. The van der Waals surface area contributed by atoms with Crippen LogP contribution in [0.15, 0.2) is 146 Å². The molecule has 44 heavy (non-hydrogen) atoms. The second-order valence-electron chi connectivity index (χ2n) is 11.3. The average molecular weight is 563 g/mol. The van der Waals surface area contributed by atoms with Crippen LogP contribution in [-0.4, -0.2) is 19.7 Å². The number of hydrogen-bond donors (Lipinski definition) is 0. The van der Waals surface area contributed by atoms with Gasteiger partial charge in [0.05, 0.1) is 22.9 Å². The van der Waals surface area contributed by atoms with Crippen molar-refractivity contribution in [2.75, 3.05) is 0 Å². The second kappa shape index (κ2) is 9.85. The Hall–Kier alpha value is -5.87. The van der Waals surface area contributed by atoms with E-state index in [0.29, 0.717) is 5.82 Å². The first-order valence-corrected chi connectivity index (χ1v) is 14.9. The number of rotatable bonds is 4. The maximum absolute atomic E-state index is 4.69. The molecule has 206 valence electrons. The van der Waals surface area contributed by atoms with E-state index in [1.54, 1.807) is 0 Å². The molecule has 0 aliphatic heterocycles. The third kappa shape index (κ3) is 3.81. The molecule has 0 spiro atoms. The molecule has 4 nitrogen and oxygen atoms in total. The van der Waals surface area contributed by atoms with E-state index in [1.807, 2.05) is 36.5 Å². The fourth-order valence-electron chi connectivity index (χ4n) is 6.83. The van der Waals surface area contributed by atoms with Gasteiger partial charge in [0.25, 0.3) is 0 Å². The van der Waals surface area contributed by atoms with Crippen LogP contribution in [0.5, 0.6) is 0 Å². The minimum atomic E-state index is 0.616. The number of benzene rings is 6. The van der Waals surface area contributed by atoms with E-state index in [4.69, 9.17) is 4.98 Å². The Labute approximate surface area is 254 Å². The predicted molar refractivity (Wildman–Crippen MR) is 179 cm³/mol. The van der Waals surface area contributed by atoms with Gasteiger partial charge >= 0.3 is 0 Å². The van der Waals surface area contributed by atoms with Gasteiger partial charge in [0, 0.05) is 21.9 Å². The van der Waals surface area contributed by atoms with Crippen molar-refractivity contribution in [1.82, 2.24) is 19.7 Å². The van der Waals surface area contributed by atoms with Crippen molar-refractivity contribution < 1.29 is 0 Å². The van der Waals surface area contributed by atoms with Crippen LogP contribution >= 0.6 is 0 Å². The minimum Gasteiger partial charge on any atom is -0.309 e. The Morgan fingerprint density at radius 2 is 1.23 bits per heavy atom. The molecule has 0 amide bonds. The zero-order valence-corrected chi connectivity index (χ0v) is 23.9. The number of nitrogens with zero attached hydrogens (tertiary/aromatic N) is 4. The molecule has 0 N–H and O–H groups in total. The van der Waals surface area contributed by atoms with Gasteiger partial charge in [-0.05, 0) is 58.0 Å². The van der Waals surface area contributed by atoms with Crippen LogP contribution < -0.4 is 0 Å². The van der Waals surface area contributed by atoms with Gasteiger partial charge in [-0.1, -0.05) is 121 Å². The van der Waals surface area contributed by atoms with Gasteiger partial charge in [0.15, 0.2) is 5.82 Å². The summed E-state index contributed by atoms with van der Waals surface area (Å²) >= 11 is 0. The normalized spacial score (nSPS) is 12.0. The minimum absolute atomic E-state index is 0.616. The lowest BCUT2D eigenvalue weighted by atomic mass is 9.93. The molecule has 8 aromatic rings. The summed E-state index contributed by atoms with van der Waals surface area (Å²) in [5.74, 6) is 0.616. The van der Waals surface area contributed by atoms with Crippen molar-refractivity contribution in [2.24, 2.45) is 0 Å². The second-order valence-corrected chi connectivity index (χ2v) is 11.3. The van der Waals surface area contributed by atoms with Gasteiger partial charge in [-0.3, -0.25) is 0 Å². The lowest BCUT2D eigenvalue weighted by molar-refractivity contribution is 0.984. The van der Waals surface area contributed by atoms with Crippen LogP contribution in [0, 0.1) is 0 Å². The molecule has 0 atom stereocenters. The number of hydrogen-bond acceptors (Lipinski definition) is 3. The molecule has 0 unspecified atom stereocenters. The van der Waals surface area contributed by atoms with Crippen molar-refractivity contribution in [3.05, 3.63) is 157 Å². The molecule has 0 saturated heterocycles. The molecular formula is C40H26N4. The van der Waals surface area contributed by atoms with Gasteiger partial charge in [0.2, 0.25) is 0 Å². The first kappa shape index (κ1) is 24.7. The Morgan fingerprint density at radius 1 is 0.500 bits per heavy atom. The van der Waals surface area contributed by atoms with Gasteiger partial charge in [-0.15, -0.1) is 10.2 Å². The van der Waals surface area contributed by atoms with Crippen LogP contribution in [0.3, 0.4) is 0 Å². The summed E-state index contributed by atoms with van der Waals surface area (Å²) in [6, 6.07) is 49.4. The van der Waals surface area contributed by atoms with Crippen molar-refractivity contribution in [3.63, 3.8) is 0 Å². The monoisotopic (exact) mass is 562 g/mol. The third-order valence-electron chi connectivity index (χ3n) is 8.82. The average Bonchev–Trinajstić information content (AvgIpc) is 3.64. The maximum atomic E-state index is 4.69. The van der Waals surface area contributed by atoms with E-state index in [-0.39, 0.29) is 0 Å². The Balaban J connectivity index is 1.25. The summed E-state index contributed by atoms with van der Waals surface area (Å²) in [5.41, 5.74) is 14.0. The van der Waals surface area contributed by atoms with E-state index in [1.165, 1.54) is 44.2 Å². The molecule has 0 bridgehead atoms. The molecule has 1 aliphatic carbocycles. The highest BCUT2D eigenvalue weighted by atomic mass is 15.2. The van der Waals surface area contributed by atoms with E-state index < -0.39 is 0 Å². The molecule has 4 heteroatoms. The zero-order chi connectivity index (χ0) is 29.0. The van der Waals surface area contributed by atoms with E-state index in [0.717, 1.165) is 40.0 Å². The SMILES string of the molecule is c1ccc(-c2ncc(-c3ccccc3-n3c4ccccc4c4ccc(-c5cccc6c5-c5ccccc5C6)cc43)nn2)cc1.